The first-order valence-corrected chi connectivity index (χ1v) is 5.49. The monoisotopic (exact) mass is 322 g/mol. The van der Waals surface area contributed by atoms with Gasteiger partial charge in [0.25, 0.3) is 0 Å². The molecule has 2 heterocycles. The van der Waals surface area contributed by atoms with E-state index in [0.717, 1.165) is 15.0 Å². The van der Waals surface area contributed by atoms with Crippen LogP contribution in [0.2, 0.25) is 5.02 Å². The van der Waals surface area contributed by atoms with Crippen molar-refractivity contribution in [3.05, 3.63) is 32.7 Å². The second kappa shape index (κ2) is 4.04. The van der Waals surface area contributed by atoms with Gasteiger partial charge in [0.1, 0.15) is 3.70 Å². The number of rotatable bonds is 2. The van der Waals surface area contributed by atoms with Gasteiger partial charge in [-0.1, -0.05) is 11.6 Å². The van der Waals surface area contributed by atoms with Crippen molar-refractivity contribution in [1.29, 1.82) is 0 Å². The van der Waals surface area contributed by atoms with Crippen LogP contribution in [0.3, 0.4) is 0 Å². The van der Waals surface area contributed by atoms with Crippen molar-refractivity contribution in [3.8, 4) is 0 Å². The van der Waals surface area contributed by atoms with Crippen molar-refractivity contribution in [3.63, 3.8) is 0 Å². The van der Waals surface area contributed by atoms with Crippen LogP contribution in [-0.2, 0) is 11.3 Å². The second-order valence-corrected chi connectivity index (χ2v) is 4.26. The average Bonchev–Trinajstić information content (AvgIpc) is 2.48. The fourth-order valence-corrected chi connectivity index (χ4v) is 2.15. The van der Waals surface area contributed by atoms with Crippen molar-refractivity contribution in [1.82, 2.24) is 9.38 Å². The Morgan fingerprint density at radius 2 is 2.43 bits per heavy atom. The minimum Gasteiger partial charge on any atom is -0.378 e. The second-order valence-electron chi connectivity index (χ2n) is 2.83. The molecule has 0 N–H and O–H groups in total. The van der Waals surface area contributed by atoms with E-state index in [1.165, 1.54) is 0 Å². The van der Waals surface area contributed by atoms with E-state index in [1.54, 1.807) is 7.11 Å². The zero-order chi connectivity index (χ0) is 10.1. The lowest BCUT2D eigenvalue weighted by Crippen LogP contribution is -1.91. The number of imidazole rings is 1. The minimum absolute atomic E-state index is 0.510. The predicted octanol–water partition coefficient (Wildman–Crippen LogP) is 2.74. The molecule has 0 atom stereocenters. The van der Waals surface area contributed by atoms with E-state index in [0.29, 0.717) is 11.6 Å². The quantitative estimate of drug-likeness (QED) is 0.795. The normalized spacial score (nSPS) is 11.1. The van der Waals surface area contributed by atoms with E-state index < -0.39 is 0 Å². The molecule has 5 heteroatoms. The predicted molar refractivity (Wildman–Crippen MR) is 63.6 cm³/mol. The molecule has 0 bridgehead atoms. The molecule has 2 rings (SSSR count). The number of nitrogens with zero attached hydrogens (tertiary/aromatic N) is 2. The molecule has 0 spiro atoms. The molecule has 0 aliphatic rings. The molecular formula is C9H8ClIN2O. The first kappa shape index (κ1) is 10.2. The molecule has 0 aliphatic carbocycles. The van der Waals surface area contributed by atoms with Crippen LogP contribution in [0, 0.1) is 3.70 Å². The summed E-state index contributed by atoms with van der Waals surface area (Å²) < 4.78 is 8.05. The summed E-state index contributed by atoms with van der Waals surface area (Å²) >= 11 is 8.25. The molecule has 0 fully saturated rings. The first-order valence-electron chi connectivity index (χ1n) is 4.04. The highest BCUT2D eigenvalue weighted by molar-refractivity contribution is 14.1. The molecule has 0 saturated carbocycles. The topological polar surface area (TPSA) is 26.5 Å². The Labute approximate surface area is 100 Å². The highest BCUT2D eigenvalue weighted by Gasteiger charge is 2.10. The Morgan fingerprint density at radius 3 is 3.07 bits per heavy atom. The Hall–Kier alpha value is -0.330. The SMILES string of the molecule is COCc1nc2c(Cl)cccn2c1I. The molecular weight excluding hydrogens is 314 g/mol. The molecule has 0 amide bonds. The Kier molecular flexibility index (Phi) is 2.94. The lowest BCUT2D eigenvalue weighted by atomic mass is 10.5. The number of hydrogen-bond donors (Lipinski definition) is 0. The molecule has 2 aromatic rings. The van der Waals surface area contributed by atoms with Crippen LogP contribution < -0.4 is 0 Å². The van der Waals surface area contributed by atoms with Crippen LogP contribution in [0.1, 0.15) is 5.69 Å². The van der Waals surface area contributed by atoms with Crippen molar-refractivity contribution < 1.29 is 4.74 Å². The van der Waals surface area contributed by atoms with Crippen molar-refractivity contribution in [2.75, 3.05) is 7.11 Å². The summed E-state index contributed by atoms with van der Waals surface area (Å²) in [6.45, 7) is 0.510. The third kappa shape index (κ3) is 1.62. The van der Waals surface area contributed by atoms with Gasteiger partial charge in [-0.3, -0.25) is 4.40 Å². The Bertz CT molecular complexity index is 469. The van der Waals surface area contributed by atoms with Gasteiger partial charge in [-0.25, -0.2) is 4.98 Å². The number of methoxy groups -OCH3 is 1. The lowest BCUT2D eigenvalue weighted by molar-refractivity contribution is 0.181. The zero-order valence-corrected chi connectivity index (χ0v) is 10.4. The first-order chi connectivity index (χ1) is 6.74. The maximum absolute atomic E-state index is 6.02. The Balaban J connectivity index is 2.67. The molecule has 74 valence electrons. The van der Waals surface area contributed by atoms with Gasteiger partial charge in [0.15, 0.2) is 5.65 Å². The fraction of sp³-hybridized carbons (Fsp3) is 0.222. The van der Waals surface area contributed by atoms with Crippen LogP contribution in [0.5, 0.6) is 0 Å². The summed E-state index contributed by atoms with van der Waals surface area (Å²) in [5.41, 5.74) is 1.70. The van der Waals surface area contributed by atoms with Gasteiger partial charge >= 0.3 is 0 Å². The lowest BCUT2D eigenvalue weighted by Gasteiger charge is -1.95. The van der Waals surface area contributed by atoms with Gasteiger partial charge in [-0.05, 0) is 34.7 Å². The number of aromatic nitrogens is 2. The molecule has 0 unspecified atom stereocenters. The van der Waals surface area contributed by atoms with E-state index in [2.05, 4.69) is 27.6 Å². The number of pyridine rings is 1. The summed E-state index contributed by atoms with van der Waals surface area (Å²) in [7, 11) is 1.65. The standard InChI is InChI=1S/C9H8ClIN2O/c1-14-5-7-8(11)13-4-2-3-6(10)9(13)12-7/h2-4H,5H2,1H3. The van der Waals surface area contributed by atoms with Gasteiger partial charge in [0.05, 0.1) is 17.3 Å². The van der Waals surface area contributed by atoms with Gasteiger partial charge in [0, 0.05) is 13.3 Å². The van der Waals surface area contributed by atoms with Crippen molar-refractivity contribution >= 4 is 39.8 Å². The third-order valence-corrected chi connectivity index (χ3v) is 3.33. The van der Waals surface area contributed by atoms with E-state index in [1.807, 2.05) is 22.7 Å². The molecule has 0 radical (unpaired) electrons. The fourth-order valence-electron chi connectivity index (χ4n) is 1.28. The van der Waals surface area contributed by atoms with Crippen LogP contribution in [0.4, 0.5) is 0 Å². The van der Waals surface area contributed by atoms with Crippen molar-refractivity contribution in [2.24, 2.45) is 0 Å². The third-order valence-electron chi connectivity index (χ3n) is 1.89. The summed E-state index contributed by atoms with van der Waals surface area (Å²) in [5, 5.41) is 0.660. The molecule has 14 heavy (non-hydrogen) atoms. The Morgan fingerprint density at radius 1 is 1.64 bits per heavy atom. The van der Waals surface area contributed by atoms with Crippen LogP contribution in [0.25, 0.3) is 5.65 Å². The molecule has 0 aliphatic heterocycles. The molecule has 2 aromatic heterocycles. The van der Waals surface area contributed by atoms with Crippen LogP contribution in [0.15, 0.2) is 18.3 Å². The molecule has 0 aromatic carbocycles. The zero-order valence-electron chi connectivity index (χ0n) is 7.50. The van der Waals surface area contributed by atoms with Gasteiger partial charge < -0.3 is 4.74 Å². The average molecular weight is 323 g/mol. The van der Waals surface area contributed by atoms with Crippen LogP contribution >= 0.6 is 34.2 Å². The number of fused-ring (bicyclic) bond motifs is 1. The van der Waals surface area contributed by atoms with E-state index in [-0.39, 0.29) is 0 Å². The summed E-state index contributed by atoms with van der Waals surface area (Å²) in [6.07, 6.45) is 1.94. The van der Waals surface area contributed by atoms with E-state index >= 15 is 0 Å². The van der Waals surface area contributed by atoms with E-state index in [4.69, 9.17) is 16.3 Å². The van der Waals surface area contributed by atoms with Gasteiger partial charge in [0.2, 0.25) is 0 Å². The maximum Gasteiger partial charge on any atom is 0.156 e. The molecule has 0 saturated heterocycles. The maximum atomic E-state index is 6.02. The number of ether oxygens (including phenoxy) is 1. The highest BCUT2D eigenvalue weighted by atomic mass is 127. The minimum atomic E-state index is 0.510. The number of hydrogen-bond acceptors (Lipinski definition) is 2. The highest BCUT2D eigenvalue weighted by Crippen LogP contribution is 2.21. The summed E-state index contributed by atoms with van der Waals surface area (Å²) in [4.78, 5) is 4.40. The van der Waals surface area contributed by atoms with Crippen LogP contribution in [-0.4, -0.2) is 16.5 Å². The number of halogens is 2. The van der Waals surface area contributed by atoms with Gasteiger partial charge in [-0.15, -0.1) is 0 Å². The summed E-state index contributed by atoms with van der Waals surface area (Å²) in [6, 6.07) is 3.73. The van der Waals surface area contributed by atoms with Gasteiger partial charge in [-0.2, -0.15) is 0 Å². The largest absolute Gasteiger partial charge is 0.378 e. The van der Waals surface area contributed by atoms with Crippen molar-refractivity contribution in [2.45, 2.75) is 6.61 Å². The molecule has 3 nitrogen and oxygen atoms in total. The summed E-state index contributed by atoms with van der Waals surface area (Å²) in [5.74, 6) is 0. The smallest absolute Gasteiger partial charge is 0.156 e. The van der Waals surface area contributed by atoms with E-state index in [9.17, 15) is 0 Å².